The number of benzene rings is 4. The minimum Gasteiger partial charge on any atom is -0.507 e. The molecule has 3 aliphatic rings. The normalized spacial score (nSPS) is 21.4. The molecule has 0 aromatic heterocycles. The third-order valence-corrected chi connectivity index (χ3v) is 10.4. The number of hydrogen-bond donors (Lipinski definition) is 6. The van der Waals surface area contributed by atoms with Crippen LogP contribution in [-0.4, -0.2) is 50.7 Å². The summed E-state index contributed by atoms with van der Waals surface area (Å²) in [6.45, 7) is 2.09. The minimum atomic E-state index is -0.361. The lowest BCUT2D eigenvalue weighted by Gasteiger charge is -2.47. The molecule has 6 N–H and O–H groups in total. The van der Waals surface area contributed by atoms with Gasteiger partial charge in [0.15, 0.2) is 23.0 Å². The average Bonchev–Trinajstić information content (AvgIpc) is 3.67. The molecule has 3 atom stereocenters. The Morgan fingerprint density at radius 2 is 1.63 bits per heavy atom. The summed E-state index contributed by atoms with van der Waals surface area (Å²) in [6.07, 6.45) is 19.1. The predicted molar refractivity (Wildman–Crippen MR) is 196 cm³/mol. The van der Waals surface area contributed by atoms with Crippen LogP contribution in [0.4, 0.5) is 0 Å². The number of aliphatic imine (C=N–C) groups is 2. The number of hydrogen-bond acceptors (Lipinski definition) is 8. The molecule has 8 heteroatoms. The number of allylic oxidation sites excluding steroid dienone is 4. The molecular weight excluding hydrogens is 614 g/mol. The van der Waals surface area contributed by atoms with E-state index in [0.29, 0.717) is 53.4 Å². The molecule has 4 aromatic rings. The summed E-state index contributed by atoms with van der Waals surface area (Å²) in [4.78, 5) is 9.25. The van der Waals surface area contributed by atoms with Crippen molar-refractivity contribution < 1.29 is 25.5 Å². The summed E-state index contributed by atoms with van der Waals surface area (Å²) >= 11 is 0. The second kappa shape index (κ2) is 13.6. The first-order valence-corrected chi connectivity index (χ1v) is 16.9. The largest absolute Gasteiger partial charge is 0.507 e. The smallest absolute Gasteiger partial charge is 0.169 e. The zero-order chi connectivity index (χ0) is 34.0. The Morgan fingerprint density at radius 3 is 2.43 bits per heavy atom. The van der Waals surface area contributed by atoms with E-state index in [2.05, 4.69) is 58.9 Å². The van der Waals surface area contributed by atoms with E-state index in [1.165, 1.54) is 36.6 Å². The summed E-state index contributed by atoms with van der Waals surface area (Å²) in [5.41, 5.74) is 5.14. The van der Waals surface area contributed by atoms with Gasteiger partial charge in [-0.25, -0.2) is 0 Å². The van der Waals surface area contributed by atoms with Crippen molar-refractivity contribution in [3.8, 4) is 28.7 Å². The van der Waals surface area contributed by atoms with E-state index < -0.39 is 0 Å². The van der Waals surface area contributed by atoms with Crippen LogP contribution in [0.2, 0.25) is 0 Å². The molecule has 0 spiro atoms. The molecule has 1 saturated carbocycles. The molecule has 7 rings (SSSR count). The monoisotopic (exact) mass is 655 g/mol. The van der Waals surface area contributed by atoms with Crippen molar-refractivity contribution >= 4 is 34.9 Å². The fourth-order valence-electron chi connectivity index (χ4n) is 7.86. The Hall–Kier alpha value is -5.34. The van der Waals surface area contributed by atoms with E-state index in [1.807, 2.05) is 6.21 Å². The van der Waals surface area contributed by atoms with E-state index in [-0.39, 0.29) is 39.5 Å². The molecule has 1 heterocycles. The highest BCUT2D eigenvalue weighted by Crippen LogP contribution is 2.48. The Balaban J connectivity index is 1.08. The van der Waals surface area contributed by atoms with E-state index in [9.17, 15) is 25.5 Å². The first-order valence-electron chi connectivity index (χ1n) is 16.9. The lowest BCUT2D eigenvalue weighted by Crippen LogP contribution is -2.50. The Labute approximate surface area is 285 Å². The standard InChI is InChI=1S/C41H41N3O5/c45-34-19-16-27(21-36(34)47)15-17-30-31-7-3-9-35(46)38(31)40(49)39(48)32(30)18-14-26-10-12-28(13-11-26)22-42-24-41(37-23-43-25-44-37)20-4-6-29-5-1-2-8-33(29)41/h1-3,5,7-13,15-17,19,21,23,29,33,42,45-49H,4,6,14,18,20,22,24-25H2/b17-15+/t29-,33+,41+/m0/s1. The van der Waals surface area contributed by atoms with Crippen LogP contribution < -0.4 is 5.32 Å². The van der Waals surface area contributed by atoms with Gasteiger partial charge in [0, 0.05) is 30.3 Å². The molecule has 0 amide bonds. The van der Waals surface area contributed by atoms with Gasteiger partial charge in [-0.05, 0) is 83.4 Å². The maximum atomic E-state index is 11.2. The van der Waals surface area contributed by atoms with Crippen molar-refractivity contribution in [2.75, 3.05) is 13.2 Å². The molecule has 1 fully saturated rings. The fraction of sp³-hybridized carbons (Fsp3) is 0.268. The van der Waals surface area contributed by atoms with Gasteiger partial charge in [0.2, 0.25) is 0 Å². The summed E-state index contributed by atoms with van der Waals surface area (Å²) in [6, 6.07) is 17.9. The molecule has 250 valence electrons. The zero-order valence-corrected chi connectivity index (χ0v) is 27.3. The van der Waals surface area contributed by atoms with Crippen LogP contribution in [0.1, 0.15) is 47.1 Å². The van der Waals surface area contributed by atoms with Gasteiger partial charge >= 0.3 is 0 Å². The summed E-state index contributed by atoms with van der Waals surface area (Å²) in [7, 11) is 0. The van der Waals surface area contributed by atoms with Crippen LogP contribution in [0.15, 0.2) is 95.0 Å². The Morgan fingerprint density at radius 1 is 0.816 bits per heavy atom. The number of nitrogens with one attached hydrogen (secondary N) is 1. The van der Waals surface area contributed by atoms with Gasteiger partial charge in [0.05, 0.1) is 11.1 Å². The van der Waals surface area contributed by atoms with Gasteiger partial charge in [0.25, 0.3) is 0 Å². The third-order valence-electron chi connectivity index (χ3n) is 10.4. The lowest BCUT2D eigenvalue weighted by molar-refractivity contribution is 0.166. The SMILES string of the molecule is Oc1ccc(/C=C/c2c(CCc3ccc(CNC[C@]4(C5=NCN=C5)CCC[C@@H]5C=CC=C[C@H]54)cc3)c(O)c(O)c3c(O)cccc23)cc1O. The van der Waals surface area contributed by atoms with Crippen molar-refractivity contribution in [2.45, 2.75) is 38.6 Å². The minimum absolute atomic E-state index is 0.0663. The number of nitrogens with zero attached hydrogens (tertiary/aromatic N) is 2. The molecule has 8 nitrogen and oxygen atoms in total. The molecule has 0 saturated heterocycles. The maximum Gasteiger partial charge on any atom is 0.169 e. The summed E-state index contributed by atoms with van der Waals surface area (Å²) in [5, 5.41) is 56.9. The second-order valence-electron chi connectivity index (χ2n) is 13.3. The quantitative estimate of drug-likeness (QED) is 0.0777. The lowest BCUT2D eigenvalue weighted by atomic mass is 9.58. The zero-order valence-electron chi connectivity index (χ0n) is 27.3. The van der Waals surface area contributed by atoms with Gasteiger partial charge in [-0.15, -0.1) is 0 Å². The van der Waals surface area contributed by atoms with Gasteiger partial charge in [-0.2, -0.15) is 0 Å². The van der Waals surface area contributed by atoms with Crippen molar-refractivity contribution in [2.24, 2.45) is 27.2 Å². The fourth-order valence-corrected chi connectivity index (χ4v) is 7.86. The highest BCUT2D eigenvalue weighted by molar-refractivity contribution is 6.34. The second-order valence-corrected chi connectivity index (χ2v) is 13.3. The van der Waals surface area contributed by atoms with Crippen LogP contribution in [0.5, 0.6) is 28.7 Å². The van der Waals surface area contributed by atoms with E-state index in [1.54, 1.807) is 30.4 Å². The van der Waals surface area contributed by atoms with Gasteiger partial charge in [-0.3, -0.25) is 9.98 Å². The highest BCUT2D eigenvalue weighted by Gasteiger charge is 2.47. The van der Waals surface area contributed by atoms with Gasteiger partial charge in [-0.1, -0.05) is 85.3 Å². The van der Waals surface area contributed by atoms with Crippen LogP contribution in [0, 0.1) is 17.3 Å². The summed E-state index contributed by atoms with van der Waals surface area (Å²) < 4.78 is 0. The predicted octanol–water partition coefficient (Wildman–Crippen LogP) is 7.42. The Kier molecular flexibility index (Phi) is 8.97. The molecule has 2 aliphatic carbocycles. The molecule has 1 aliphatic heterocycles. The molecule has 0 bridgehead atoms. The summed E-state index contributed by atoms with van der Waals surface area (Å²) in [5.74, 6) is -0.287. The van der Waals surface area contributed by atoms with E-state index >= 15 is 0 Å². The first kappa shape index (κ1) is 32.2. The molecule has 0 unspecified atom stereocenters. The van der Waals surface area contributed by atoms with Crippen LogP contribution in [-0.2, 0) is 19.4 Å². The number of aryl methyl sites for hydroxylation is 1. The maximum absolute atomic E-state index is 11.2. The van der Waals surface area contributed by atoms with E-state index in [4.69, 9.17) is 4.99 Å². The topological polar surface area (TPSA) is 138 Å². The number of fused-ring (bicyclic) bond motifs is 2. The number of phenolic OH excluding ortho intramolecular Hbond substituents is 5. The van der Waals surface area contributed by atoms with Crippen molar-refractivity contribution in [3.63, 3.8) is 0 Å². The van der Waals surface area contributed by atoms with Crippen LogP contribution in [0.25, 0.3) is 22.9 Å². The number of aromatic hydroxyl groups is 5. The molecule has 0 radical (unpaired) electrons. The molecule has 49 heavy (non-hydrogen) atoms. The molecular formula is C41H41N3O5. The Bertz CT molecular complexity index is 2030. The first-order chi connectivity index (χ1) is 23.8. The number of rotatable bonds is 10. The highest BCUT2D eigenvalue weighted by atomic mass is 16.3. The number of phenols is 5. The van der Waals surface area contributed by atoms with Gasteiger partial charge in [0.1, 0.15) is 12.4 Å². The molecule has 4 aromatic carbocycles. The van der Waals surface area contributed by atoms with Crippen molar-refractivity contribution in [1.29, 1.82) is 0 Å². The third kappa shape index (κ3) is 6.32. The average molecular weight is 656 g/mol. The van der Waals surface area contributed by atoms with Crippen LogP contribution in [0.3, 0.4) is 0 Å². The van der Waals surface area contributed by atoms with Crippen molar-refractivity contribution in [3.05, 3.63) is 113 Å². The van der Waals surface area contributed by atoms with Crippen LogP contribution >= 0.6 is 0 Å². The van der Waals surface area contributed by atoms with Crippen molar-refractivity contribution in [1.82, 2.24) is 5.32 Å². The van der Waals surface area contributed by atoms with E-state index in [0.717, 1.165) is 30.8 Å². The van der Waals surface area contributed by atoms with Gasteiger partial charge < -0.3 is 30.8 Å².